The molecule has 15 heteroatoms. The Hall–Kier alpha value is -5.73. The minimum atomic E-state index is -1.15. The molecule has 0 aliphatic heterocycles. The number of nitrogens with two attached hydrogens (primary N) is 5. The van der Waals surface area contributed by atoms with Crippen molar-refractivity contribution >= 4 is 46.3 Å². The maximum Gasteiger partial charge on any atom is 0.251 e. The summed E-state index contributed by atoms with van der Waals surface area (Å²) >= 11 is 0. The van der Waals surface area contributed by atoms with Crippen LogP contribution < -0.4 is 44.6 Å². The SMILES string of the molecule is NC(=O)[C@H](Cc1ccc2ccccc2c1)NC(=O)[C@H](CCCN=C(N)N)NC(=O)[C@H](CCCN=C(N)N)NC(=O)c1ccc(F)cc1. The summed E-state index contributed by atoms with van der Waals surface area (Å²) in [6, 6.07) is 14.8. The van der Waals surface area contributed by atoms with Gasteiger partial charge in [-0.15, -0.1) is 0 Å². The third-order valence-corrected chi connectivity index (χ3v) is 7.17. The van der Waals surface area contributed by atoms with Gasteiger partial charge in [-0.25, -0.2) is 4.39 Å². The van der Waals surface area contributed by atoms with Gasteiger partial charge in [0.05, 0.1) is 0 Å². The predicted octanol–water partition coefficient (Wildman–Crippen LogP) is -0.118. The average molecular weight is 649 g/mol. The third-order valence-electron chi connectivity index (χ3n) is 7.17. The molecule has 3 aromatic rings. The normalized spacial score (nSPS) is 12.6. The molecule has 0 aromatic heterocycles. The molecule has 14 nitrogen and oxygen atoms in total. The Morgan fingerprint density at radius 1 is 0.660 bits per heavy atom. The molecule has 3 rings (SSSR count). The monoisotopic (exact) mass is 648 g/mol. The minimum absolute atomic E-state index is 0.0858. The Labute approximate surface area is 271 Å². The second kappa shape index (κ2) is 17.7. The molecule has 13 N–H and O–H groups in total. The van der Waals surface area contributed by atoms with E-state index in [0.29, 0.717) is 12.8 Å². The number of carbonyl (C=O) groups is 4. The standard InChI is InChI=1S/C32H41FN10O4/c33-23-13-11-21(12-14-23)28(45)41-24(7-3-15-39-31(35)36)29(46)42-25(8-4-16-40-32(37)38)30(47)43-26(27(34)44)18-19-9-10-20-5-1-2-6-22(20)17-19/h1-2,5-6,9-14,17,24-26H,3-4,7-8,15-16,18H2,(H2,34,44)(H,41,45)(H,42,46)(H,43,47)(H4,35,36,39)(H4,37,38,40)/t24-,25-,26-/m0/s1. The second-order valence-electron chi connectivity index (χ2n) is 10.8. The van der Waals surface area contributed by atoms with Crippen molar-refractivity contribution in [2.75, 3.05) is 13.1 Å². The van der Waals surface area contributed by atoms with Crippen LogP contribution in [-0.4, -0.2) is 66.8 Å². The maximum atomic E-state index is 13.6. The van der Waals surface area contributed by atoms with Gasteiger partial charge in [0.1, 0.15) is 23.9 Å². The number of primary amides is 1. The van der Waals surface area contributed by atoms with Crippen LogP contribution in [0.3, 0.4) is 0 Å². The number of nitrogens with zero attached hydrogens (tertiary/aromatic N) is 2. The van der Waals surface area contributed by atoms with E-state index in [1.54, 1.807) is 0 Å². The number of guanidine groups is 2. The van der Waals surface area contributed by atoms with Crippen LogP contribution >= 0.6 is 0 Å². The van der Waals surface area contributed by atoms with Crippen LogP contribution in [0.25, 0.3) is 10.8 Å². The highest BCUT2D eigenvalue weighted by molar-refractivity contribution is 5.98. The van der Waals surface area contributed by atoms with E-state index < -0.39 is 47.6 Å². The summed E-state index contributed by atoms with van der Waals surface area (Å²) < 4.78 is 13.4. The first kappa shape index (κ1) is 35.7. The molecule has 0 aliphatic carbocycles. The zero-order valence-corrected chi connectivity index (χ0v) is 25.8. The largest absolute Gasteiger partial charge is 0.370 e. The number of hydrogen-bond acceptors (Lipinski definition) is 6. The molecule has 3 aromatic carbocycles. The van der Waals surface area contributed by atoms with Crippen molar-refractivity contribution in [2.45, 2.75) is 50.2 Å². The molecule has 0 fully saturated rings. The lowest BCUT2D eigenvalue weighted by atomic mass is 10.0. The fraction of sp³-hybridized carbons (Fsp3) is 0.312. The quantitative estimate of drug-likeness (QED) is 0.0555. The zero-order chi connectivity index (χ0) is 34.3. The summed E-state index contributed by atoms with van der Waals surface area (Å²) in [5.41, 5.74) is 28.2. The highest BCUT2D eigenvalue weighted by atomic mass is 19.1. The highest BCUT2D eigenvalue weighted by Gasteiger charge is 2.29. The summed E-state index contributed by atoms with van der Waals surface area (Å²) in [7, 11) is 0. The van der Waals surface area contributed by atoms with Crippen molar-refractivity contribution < 1.29 is 23.6 Å². The van der Waals surface area contributed by atoms with Gasteiger partial charge in [0.2, 0.25) is 17.7 Å². The van der Waals surface area contributed by atoms with Crippen LogP contribution in [0, 0.1) is 5.82 Å². The molecule has 0 heterocycles. The molecular weight excluding hydrogens is 607 g/mol. The molecule has 0 unspecified atom stereocenters. The average Bonchev–Trinajstić information content (AvgIpc) is 3.03. The molecule has 0 saturated carbocycles. The minimum Gasteiger partial charge on any atom is -0.370 e. The van der Waals surface area contributed by atoms with Crippen LogP contribution in [0.4, 0.5) is 4.39 Å². The Kier molecular flexibility index (Phi) is 13.4. The van der Waals surface area contributed by atoms with E-state index in [9.17, 15) is 23.6 Å². The number of aliphatic imine (C=N–C) groups is 2. The van der Waals surface area contributed by atoms with Gasteiger partial charge in [0, 0.05) is 25.1 Å². The fourth-order valence-corrected chi connectivity index (χ4v) is 4.76. The van der Waals surface area contributed by atoms with Crippen LogP contribution in [0.2, 0.25) is 0 Å². The highest BCUT2D eigenvalue weighted by Crippen LogP contribution is 2.17. The van der Waals surface area contributed by atoms with Crippen LogP contribution in [0.15, 0.2) is 76.7 Å². The molecule has 0 spiro atoms. The van der Waals surface area contributed by atoms with Crippen molar-refractivity contribution in [1.29, 1.82) is 0 Å². The lowest BCUT2D eigenvalue weighted by Crippen LogP contribution is -2.56. The number of fused-ring (bicyclic) bond motifs is 1. The van der Waals surface area contributed by atoms with Crippen molar-refractivity contribution in [3.63, 3.8) is 0 Å². The predicted molar refractivity (Wildman–Crippen MR) is 178 cm³/mol. The van der Waals surface area contributed by atoms with Gasteiger partial charge in [-0.2, -0.15) is 0 Å². The number of benzene rings is 3. The Bertz CT molecular complexity index is 1600. The molecule has 0 aliphatic rings. The first-order valence-corrected chi connectivity index (χ1v) is 15.0. The van der Waals surface area contributed by atoms with Gasteiger partial charge in [-0.3, -0.25) is 29.2 Å². The molecule has 250 valence electrons. The van der Waals surface area contributed by atoms with E-state index in [4.69, 9.17) is 28.7 Å². The van der Waals surface area contributed by atoms with E-state index >= 15 is 0 Å². The third kappa shape index (κ3) is 11.9. The van der Waals surface area contributed by atoms with Crippen LogP contribution in [0.1, 0.15) is 41.6 Å². The van der Waals surface area contributed by atoms with E-state index in [2.05, 4.69) is 25.9 Å². The molecule has 3 atom stereocenters. The molecule has 0 radical (unpaired) electrons. The van der Waals surface area contributed by atoms with Crippen molar-refractivity contribution in [3.05, 3.63) is 83.7 Å². The van der Waals surface area contributed by atoms with E-state index in [0.717, 1.165) is 28.5 Å². The fourth-order valence-electron chi connectivity index (χ4n) is 4.76. The summed E-state index contributed by atoms with van der Waals surface area (Å²) in [5.74, 6) is -3.55. The lowest BCUT2D eigenvalue weighted by molar-refractivity contribution is -0.132. The summed E-state index contributed by atoms with van der Waals surface area (Å²) in [4.78, 5) is 60.3. The van der Waals surface area contributed by atoms with E-state index in [1.807, 2.05) is 42.5 Å². The zero-order valence-electron chi connectivity index (χ0n) is 25.8. The van der Waals surface area contributed by atoms with E-state index in [-0.39, 0.29) is 49.8 Å². The first-order valence-electron chi connectivity index (χ1n) is 15.0. The second-order valence-corrected chi connectivity index (χ2v) is 10.8. The van der Waals surface area contributed by atoms with Crippen molar-refractivity contribution in [3.8, 4) is 0 Å². The molecule has 4 amide bonds. The Morgan fingerprint density at radius 2 is 1.19 bits per heavy atom. The lowest BCUT2D eigenvalue weighted by Gasteiger charge is -2.25. The number of hydrogen-bond donors (Lipinski definition) is 8. The molecular formula is C32H41FN10O4. The number of nitrogens with one attached hydrogen (secondary N) is 3. The topological polar surface area (TPSA) is 259 Å². The number of carbonyl (C=O) groups excluding carboxylic acids is 4. The van der Waals surface area contributed by atoms with Gasteiger partial charge in [-0.1, -0.05) is 42.5 Å². The summed E-state index contributed by atoms with van der Waals surface area (Å²) in [5, 5.41) is 9.94. The summed E-state index contributed by atoms with van der Waals surface area (Å²) in [6.45, 7) is 0.345. The number of amides is 4. The van der Waals surface area contributed by atoms with Gasteiger partial charge in [0.25, 0.3) is 5.91 Å². The molecule has 47 heavy (non-hydrogen) atoms. The number of rotatable bonds is 17. The molecule has 0 saturated heterocycles. The number of halogens is 1. The first-order chi connectivity index (χ1) is 22.4. The van der Waals surface area contributed by atoms with Gasteiger partial charge in [-0.05, 0) is 66.3 Å². The molecule has 0 bridgehead atoms. The van der Waals surface area contributed by atoms with Crippen LogP contribution in [0.5, 0.6) is 0 Å². The van der Waals surface area contributed by atoms with Gasteiger partial charge < -0.3 is 44.6 Å². The summed E-state index contributed by atoms with van der Waals surface area (Å²) in [6.07, 6.45) is 0.893. The Balaban J connectivity index is 1.79. The van der Waals surface area contributed by atoms with Gasteiger partial charge >= 0.3 is 0 Å². The smallest absolute Gasteiger partial charge is 0.251 e. The Morgan fingerprint density at radius 3 is 1.74 bits per heavy atom. The van der Waals surface area contributed by atoms with Crippen LogP contribution in [-0.2, 0) is 20.8 Å². The van der Waals surface area contributed by atoms with Gasteiger partial charge in [0.15, 0.2) is 11.9 Å². The van der Waals surface area contributed by atoms with Crippen molar-refractivity contribution in [1.82, 2.24) is 16.0 Å². The van der Waals surface area contributed by atoms with Crippen molar-refractivity contribution in [2.24, 2.45) is 38.7 Å². The van der Waals surface area contributed by atoms with E-state index in [1.165, 1.54) is 12.1 Å². The maximum absolute atomic E-state index is 13.6.